The van der Waals surface area contributed by atoms with Crippen molar-refractivity contribution in [2.45, 2.75) is 27.2 Å². The summed E-state index contributed by atoms with van der Waals surface area (Å²) in [5.41, 5.74) is 3.88. The molecule has 6 nitrogen and oxygen atoms in total. The zero-order valence-electron chi connectivity index (χ0n) is 13.8. The molecule has 0 aliphatic heterocycles. The number of nitrogens with one attached hydrogen (secondary N) is 1. The van der Waals surface area contributed by atoms with Crippen LogP contribution in [-0.4, -0.2) is 26.8 Å². The van der Waals surface area contributed by atoms with Gasteiger partial charge in [-0.2, -0.15) is 5.10 Å². The van der Waals surface area contributed by atoms with Crippen LogP contribution in [0.5, 0.6) is 0 Å². The van der Waals surface area contributed by atoms with Crippen LogP contribution >= 0.6 is 0 Å². The molecule has 2 rings (SSSR count). The number of hydrogen-bond acceptors (Lipinski definition) is 3. The molecule has 122 valence electrons. The standard InChI is InChI=1S/C17H21N3O3/c1-10(9-15-11(2)19-20(4)12(15)3)16(21)18-14-7-5-13(6-8-14)17(22)23/h5-8,10H,9H2,1-4H3,(H,18,21)(H,22,23). The van der Waals surface area contributed by atoms with Crippen molar-refractivity contribution in [1.82, 2.24) is 9.78 Å². The molecule has 23 heavy (non-hydrogen) atoms. The molecule has 0 spiro atoms. The topological polar surface area (TPSA) is 84.2 Å². The summed E-state index contributed by atoms with van der Waals surface area (Å²) >= 11 is 0. The van der Waals surface area contributed by atoms with Gasteiger partial charge < -0.3 is 10.4 Å². The monoisotopic (exact) mass is 315 g/mol. The van der Waals surface area contributed by atoms with Crippen LogP contribution in [0.25, 0.3) is 0 Å². The van der Waals surface area contributed by atoms with Crippen LogP contribution in [0.1, 0.15) is 34.2 Å². The summed E-state index contributed by atoms with van der Waals surface area (Å²) in [6.45, 7) is 5.80. The molecule has 0 bridgehead atoms. The molecule has 2 aromatic rings. The quantitative estimate of drug-likeness (QED) is 0.888. The van der Waals surface area contributed by atoms with E-state index in [1.54, 1.807) is 12.1 Å². The Balaban J connectivity index is 2.03. The van der Waals surface area contributed by atoms with Gasteiger partial charge in [-0.15, -0.1) is 0 Å². The third kappa shape index (κ3) is 3.77. The summed E-state index contributed by atoms with van der Waals surface area (Å²) in [5.74, 6) is -1.30. The number of carboxylic acid groups (broad SMARTS) is 1. The largest absolute Gasteiger partial charge is 0.478 e. The minimum atomic E-state index is -0.987. The normalized spacial score (nSPS) is 12.0. The van der Waals surface area contributed by atoms with E-state index in [1.807, 2.05) is 32.5 Å². The Morgan fingerprint density at radius 2 is 1.87 bits per heavy atom. The fraction of sp³-hybridized carbons (Fsp3) is 0.353. The van der Waals surface area contributed by atoms with Gasteiger partial charge in [-0.05, 0) is 50.1 Å². The fourth-order valence-corrected chi connectivity index (χ4v) is 2.47. The van der Waals surface area contributed by atoms with E-state index in [-0.39, 0.29) is 17.4 Å². The van der Waals surface area contributed by atoms with E-state index in [0.717, 1.165) is 17.0 Å². The first-order valence-corrected chi connectivity index (χ1v) is 7.43. The molecule has 2 N–H and O–H groups in total. The fourth-order valence-electron chi connectivity index (χ4n) is 2.47. The predicted molar refractivity (Wildman–Crippen MR) is 87.6 cm³/mol. The molecule has 1 heterocycles. The zero-order chi connectivity index (χ0) is 17.1. The maximum absolute atomic E-state index is 12.3. The average Bonchev–Trinajstić information content (AvgIpc) is 2.74. The number of rotatable bonds is 5. The van der Waals surface area contributed by atoms with Crippen LogP contribution in [0.3, 0.4) is 0 Å². The van der Waals surface area contributed by atoms with E-state index in [1.165, 1.54) is 12.1 Å². The highest BCUT2D eigenvalue weighted by molar-refractivity contribution is 5.93. The zero-order valence-corrected chi connectivity index (χ0v) is 13.8. The van der Waals surface area contributed by atoms with Crippen molar-refractivity contribution < 1.29 is 14.7 Å². The van der Waals surface area contributed by atoms with Crippen molar-refractivity contribution in [3.05, 3.63) is 46.8 Å². The molecule has 1 aromatic heterocycles. The Morgan fingerprint density at radius 1 is 1.26 bits per heavy atom. The number of aromatic nitrogens is 2. The number of amides is 1. The number of aryl methyl sites for hydroxylation is 2. The minimum Gasteiger partial charge on any atom is -0.478 e. The van der Waals surface area contributed by atoms with E-state index in [4.69, 9.17) is 5.11 Å². The van der Waals surface area contributed by atoms with Gasteiger partial charge in [0.15, 0.2) is 0 Å². The van der Waals surface area contributed by atoms with Crippen molar-refractivity contribution in [3.8, 4) is 0 Å². The lowest BCUT2D eigenvalue weighted by atomic mass is 9.98. The molecule has 0 saturated heterocycles. The van der Waals surface area contributed by atoms with Gasteiger partial charge in [0.25, 0.3) is 0 Å². The molecule has 0 aliphatic carbocycles. The van der Waals surface area contributed by atoms with Crippen molar-refractivity contribution in [1.29, 1.82) is 0 Å². The number of nitrogens with zero attached hydrogens (tertiary/aromatic N) is 2. The van der Waals surface area contributed by atoms with Crippen LogP contribution in [0.2, 0.25) is 0 Å². The Kier molecular flexibility index (Phi) is 4.83. The molecule has 1 unspecified atom stereocenters. The van der Waals surface area contributed by atoms with Gasteiger partial charge in [-0.1, -0.05) is 6.92 Å². The maximum Gasteiger partial charge on any atom is 0.335 e. The van der Waals surface area contributed by atoms with E-state index in [2.05, 4.69) is 10.4 Å². The molecular formula is C17H21N3O3. The maximum atomic E-state index is 12.3. The highest BCUT2D eigenvalue weighted by atomic mass is 16.4. The number of carboxylic acids is 1. The summed E-state index contributed by atoms with van der Waals surface area (Å²) in [6, 6.07) is 6.12. The van der Waals surface area contributed by atoms with Crippen LogP contribution in [0.15, 0.2) is 24.3 Å². The third-order valence-corrected chi connectivity index (χ3v) is 4.02. The first kappa shape index (κ1) is 16.7. The minimum absolute atomic E-state index is 0.101. The Bertz CT molecular complexity index is 732. The number of aromatic carboxylic acids is 1. The Labute approximate surface area is 135 Å². The summed E-state index contributed by atoms with van der Waals surface area (Å²) < 4.78 is 1.82. The molecule has 1 aromatic carbocycles. The highest BCUT2D eigenvalue weighted by Crippen LogP contribution is 2.18. The molecular weight excluding hydrogens is 294 g/mol. The smallest absolute Gasteiger partial charge is 0.335 e. The Hall–Kier alpha value is -2.63. The lowest BCUT2D eigenvalue weighted by Crippen LogP contribution is -2.22. The molecule has 0 saturated carbocycles. The number of benzene rings is 1. The average molecular weight is 315 g/mol. The third-order valence-electron chi connectivity index (χ3n) is 4.02. The van der Waals surface area contributed by atoms with Gasteiger partial charge >= 0.3 is 5.97 Å². The van der Waals surface area contributed by atoms with E-state index in [0.29, 0.717) is 12.1 Å². The van der Waals surface area contributed by atoms with Crippen molar-refractivity contribution in [2.75, 3.05) is 5.32 Å². The Morgan fingerprint density at radius 3 is 2.35 bits per heavy atom. The van der Waals surface area contributed by atoms with Gasteiger partial charge in [0, 0.05) is 24.3 Å². The summed E-state index contributed by atoms with van der Waals surface area (Å²) in [6.07, 6.45) is 0.616. The van der Waals surface area contributed by atoms with Crippen LogP contribution in [0, 0.1) is 19.8 Å². The lowest BCUT2D eigenvalue weighted by Gasteiger charge is -2.13. The lowest BCUT2D eigenvalue weighted by molar-refractivity contribution is -0.119. The molecule has 0 radical (unpaired) electrons. The number of anilines is 1. The number of hydrogen-bond donors (Lipinski definition) is 2. The van der Waals surface area contributed by atoms with Crippen molar-refractivity contribution >= 4 is 17.6 Å². The molecule has 0 fully saturated rings. The first-order valence-electron chi connectivity index (χ1n) is 7.43. The first-order chi connectivity index (χ1) is 10.8. The molecule has 0 aliphatic rings. The van der Waals surface area contributed by atoms with Gasteiger partial charge in [0.2, 0.25) is 5.91 Å². The van der Waals surface area contributed by atoms with Gasteiger partial charge in [-0.25, -0.2) is 4.79 Å². The SMILES string of the molecule is Cc1nn(C)c(C)c1CC(C)C(=O)Nc1ccc(C(=O)O)cc1. The van der Waals surface area contributed by atoms with E-state index >= 15 is 0 Å². The number of carbonyl (C=O) groups is 2. The summed E-state index contributed by atoms with van der Waals surface area (Å²) in [7, 11) is 1.89. The van der Waals surface area contributed by atoms with Crippen molar-refractivity contribution in [3.63, 3.8) is 0 Å². The van der Waals surface area contributed by atoms with Gasteiger partial charge in [0.05, 0.1) is 11.3 Å². The second-order valence-corrected chi connectivity index (χ2v) is 5.75. The van der Waals surface area contributed by atoms with E-state index in [9.17, 15) is 9.59 Å². The molecule has 1 amide bonds. The summed E-state index contributed by atoms with van der Waals surface area (Å²) in [4.78, 5) is 23.1. The summed E-state index contributed by atoms with van der Waals surface area (Å²) in [5, 5.41) is 16.0. The van der Waals surface area contributed by atoms with Gasteiger partial charge in [0.1, 0.15) is 0 Å². The second kappa shape index (κ2) is 6.64. The molecule has 6 heteroatoms. The predicted octanol–water partition coefficient (Wildman–Crippen LogP) is 2.55. The van der Waals surface area contributed by atoms with Crippen LogP contribution in [-0.2, 0) is 18.3 Å². The molecule has 1 atom stereocenters. The van der Waals surface area contributed by atoms with Gasteiger partial charge in [-0.3, -0.25) is 9.48 Å². The van der Waals surface area contributed by atoms with Crippen LogP contribution in [0.4, 0.5) is 5.69 Å². The number of carbonyl (C=O) groups excluding carboxylic acids is 1. The van der Waals surface area contributed by atoms with Crippen LogP contribution < -0.4 is 5.32 Å². The highest BCUT2D eigenvalue weighted by Gasteiger charge is 2.18. The second-order valence-electron chi connectivity index (χ2n) is 5.75. The van der Waals surface area contributed by atoms with Crippen molar-refractivity contribution in [2.24, 2.45) is 13.0 Å². The van der Waals surface area contributed by atoms with E-state index < -0.39 is 5.97 Å².